The number of fused-ring (bicyclic) bond motifs is 1. The molecule has 32 heavy (non-hydrogen) atoms. The number of carbonyl (C=O) groups excluding carboxylic acids is 1. The maximum atomic E-state index is 13.7. The third-order valence-electron chi connectivity index (χ3n) is 5.98. The van der Waals surface area contributed by atoms with Crippen molar-refractivity contribution in [2.45, 2.75) is 45.8 Å². The molecule has 3 N–H and O–H groups in total. The van der Waals surface area contributed by atoms with Crippen LogP contribution in [0.15, 0.2) is 35.0 Å². The number of hydrogen-bond donors (Lipinski definition) is 3. The maximum Gasteiger partial charge on any atom is 0.319 e. The van der Waals surface area contributed by atoms with Crippen molar-refractivity contribution in [2.75, 3.05) is 23.3 Å². The molecular formula is C23H28FN5O3. The van der Waals surface area contributed by atoms with Crippen LogP contribution >= 0.6 is 0 Å². The third-order valence-corrected chi connectivity index (χ3v) is 5.98. The summed E-state index contributed by atoms with van der Waals surface area (Å²) in [5.41, 5.74) is 1.15. The highest BCUT2D eigenvalue weighted by atomic mass is 19.1. The molecule has 3 aromatic rings. The Kier molecular flexibility index (Phi) is 5.77. The normalized spacial score (nSPS) is 16.2. The van der Waals surface area contributed by atoms with E-state index in [2.05, 4.69) is 20.6 Å². The third kappa shape index (κ3) is 4.25. The number of benzene rings is 1. The predicted molar refractivity (Wildman–Crippen MR) is 120 cm³/mol. The van der Waals surface area contributed by atoms with Gasteiger partial charge in [-0.3, -0.25) is 0 Å². The topological polar surface area (TPSA) is 104 Å². The number of anilines is 2. The summed E-state index contributed by atoms with van der Waals surface area (Å²) in [6.45, 7) is 8.74. The van der Waals surface area contributed by atoms with E-state index in [0.717, 1.165) is 5.56 Å². The van der Waals surface area contributed by atoms with Crippen LogP contribution in [0.4, 0.5) is 20.8 Å². The van der Waals surface area contributed by atoms with Crippen LogP contribution in [0, 0.1) is 18.7 Å². The summed E-state index contributed by atoms with van der Waals surface area (Å²) in [5, 5.41) is 16.5. The van der Waals surface area contributed by atoms with E-state index in [0.29, 0.717) is 47.9 Å². The van der Waals surface area contributed by atoms with Crippen molar-refractivity contribution in [2.24, 2.45) is 5.92 Å². The number of urea groups is 1. The van der Waals surface area contributed by atoms with Gasteiger partial charge in [-0.25, -0.2) is 19.2 Å². The van der Waals surface area contributed by atoms with Gasteiger partial charge in [-0.15, -0.1) is 0 Å². The van der Waals surface area contributed by atoms with E-state index in [-0.39, 0.29) is 11.7 Å². The van der Waals surface area contributed by atoms with E-state index in [1.807, 2.05) is 32.6 Å². The molecule has 1 saturated heterocycles. The van der Waals surface area contributed by atoms with Gasteiger partial charge in [0.05, 0.1) is 42.8 Å². The Morgan fingerprint density at radius 3 is 2.62 bits per heavy atom. The van der Waals surface area contributed by atoms with Crippen LogP contribution in [0.3, 0.4) is 0 Å². The molecule has 0 spiro atoms. The van der Waals surface area contributed by atoms with Crippen LogP contribution in [-0.2, 0) is 0 Å². The van der Waals surface area contributed by atoms with E-state index < -0.39 is 17.7 Å². The summed E-state index contributed by atoms with van der Waals surface area (Å²) >= 11 is 0. The summed E-state index contributed by atoms with van der Waals surface area (Å²) in [7, 11) is 0. The Morgan fingerprint density at radius 2 is 2.00 bits per heavy atom. The number of aryl methyl sites for hydroxylation is 1. The SMILES string of the molecule is CCC1(O)CN(c2ncc(NC(=O)NC(c3oc4ccc(F)cc4c3C)C(C)C)cn2)C1. The smallest absolute Gasteiger partial charge is 0.319 e. The van der Waals surface area contributed by atoms with Crippen LogP contribution in [0.25, 0.3) is 11.0 Å². The molecule has 2 aromatic heterocycles. The zero-order chi connectivity index (χ0) is 23.0. The summed E-state index contributed by atoms with van der Waals surface area (Å²) in [5.74, 6) is 0.816. The number of nitrogens with zero attached hydrogens (tertiary/aromatic N) is 3. The van der Waals surface area contributed by atoms with Crippen LogP contribution in [-0.4, -0.2) is 39.8 Å². The quantitative estimate of drug-likeness (QED) is 0.531. The molecule has 3 heterocycles. The Bertz CT molecular complexity index is 1120. The molecule has 1 atom stereocenters. The molecule has 1 unspecified atom stereocenters. The summed E-state index contributed by atoms with van der Waals surface area (Å²) in [6, 6.07) is 3.56. The fourth-order valence-corrected chi connectivity index (χ4v) is 3.93. The second kappa shape index (κ2) is 8.38. The van der Waals surface area contributed by atoms with Crippen molar-refractivity contribution in [3.05, 3.63) is 47.7 Å². The lowest BCUT2D eigenvalue weighted by Crippen LogP contribution is -2.62. The highest BCUT2D eigenvalue weighted by Crippen LogP contribution is 2.33. The molecule has 8 nitrogen and oxygen atoms in total. The van der Waals surface area contributed by atoms with Crippen LogP contribution in [0.1, 0.15) is 44.6 Å². The Labute approximate surface area is 185 Å². The number of carbonyl (C=O) groups is 1. The molecule has 1 aliphatic heterocycles. The van der Waals surface area contributed by atoms with E-state index in [9.17, 15) is 14.3 Å². The average molecular weight is 442 g/mol. The Morgan fingerprint density at radius 1 is 1.31 bits per heavy atom. The van der Waals surface area contributed by atoms with Gasteiger partial charge in [-0.1, -0.05) is 20.8 Å². The first kappa shape index (κ1) is 22.0. The van der Waals surface area contributed by atoms with Gasteiger partial charge in [-0.2, -0.15) is 0 Å². The largest absolute Gasteiger partial charge is 0.459 e. The molecule has 9 heteroatoms. The fraction of sp³-hybridized carbons (Fsp3) is 0.435. The van der Waals surface area contributed by atoms with E-state index in [1.54, 1.807) is 6.07 Å². The van der Waals surface area contributed by atoms with Crippen LogP contribution in [0.5, 0.6) is 0 Å². The minimum atomic E-state index is -0.674. The zero-order valence-electron chi connectivity index (χ0n) is 18.6. The lowest BCUT2D eigenvalue weighted by molar-refractivity contribution is 0.00756. The monoisotopic (exact) mass is 441 g/mol. The summed E-state index contributed by atoms with van der Waals surface area (Å²) < 4.78 is 19.6. The van der Waals surface area contributed by atoms with Gasteiger partial charge >= 0.3 is 6.03 Å². The molecule has 170 valence electrons. The van der Waals surface area contributed by atoms with Crippen LogP contribution < -0.4 is 15.5 Å². The Balaban J connectivity index is 1.44. The van der Waals surface area contributed by atoms with Crippen LogP contribution in [0.2, 0.25) is 0 Å². The van der Waals surface area contributed by atoms with E-state index >= 15 is 0 Å². The van der Waals surface area contributed by atoms with Crippen molar-refractivity contribution in [3.8, 4) is 0 Å². The van der Waals surface area contributed by atoms with Gasteiger partial charge in [0.15, 0.2) is 0 Å². The van der Waals surface area contributed by atoms with E-state index in [1.165, 1.54) is 24.5 Å². The first-order valence-electron chi connectivity index (χ1n) is 10.7. The number of hydrogen-bond acceptors (Lipinski definition) is 6. The van der Waals surface area contributed by atoms with Crippen molar-refractivity contribution in [1.82, 2.24) is 15.3 Å². The number of aromatic nitrogens is 2. The number of rotatable bonds is 6. The first-order valence-corrected chi connectivity index (χ1v) is 10.7. The fourth-order valence-electron chi connectivity index (χ4n) is 3.93. The molecule has 0 saturated carbocycles. The average Bonchev–Trinajstić information content (AvgIpc) is 3.06. The van der Waals surface area contributed by atoms with Crippen molar-refractivity contribution in [3.63, 3.8) is 0 Å². The number of halogens is 1. The molecular weight excluding hydrogens is 413 g/mol. The van der Waals surface area contributed by atoms with Gasteiger partial charge in [0.25, 0.3) is 0 Å². The van der Waals surface area contributed by atoms with Crippen molar-refractivity contribution < 1.29 is 18.7 Å². The second-order valence-corrected chi connectivity index (χ2v) is 8.76. The number of aliphatic hydroxyl groups is 1. The summed E-state index contributed by atoms with van der Waals surface area (Å²) in [6.07, 6.45) is 3.75. The minimum absolute atomic E-state index is 0.0345. The molecule has 0 bridgehead atoms. The molecule has 1 aromatic carbocycles. The molecule has 1 aliphatic rings. The van der Waals surface area contributed by atoms with Gasteiger partial charge in [0, 0.05) is 10.9 Å². The number of amides is 2. The number of nitrogens with one attached hydrogen (secondary N) is 2. The molecule has 1 fully saturated rings. The summed E-state index contributed by atoms with van der Waals surface area (Å²) in [4.78, 5) is 23.1. The van der Waals surface area contributed by atoms with Gasteiger partial charge < -0.3 is 25.1 Å². The van der Waals surface area contributed by atoms with Gasteiger partial charge in [-0.05, 0) is 37.5 Å². The van der Waals surface area contributed by atoms with Crippen molar-refractivity contribution >= 4 is 28.6 Å². The number of furan rings is 1. The standard InChI is InChI=1S/C23H28FN5O3/c1-5-23(31)11-29(12-23)21-25-9-16(10-26-21)27-22(30)28-19(13(2)3)20-14(4)17-8-15(24)6-7-18(17)32-20/h6-10,13,19,31H,5,11-12H2,1-4H3,(H2,27,28,30). The highest BCUT2D eigenvalue weighted by molar-refractivity contribution is 5.89. The minimum Gasteiger partial charge on any atom is -0.459 e. The Hall–Kier alpha value is -3.20. The maximum absolute atomic E-state index is 13.7. The van der Waals surface area contributed by atoms with Gasteiger partial charge in [0.1, 0.15) is 17.2 Å². The van der Waals surface area contributed by atoms with E-state index in [4.69, 9.17) is 4.42 Å². The molecule has 2 amide bonds. The van der Waals surface area contributed by atoms with Crippen molar-refractivity contribution in [1.29, 1.82) is 0 Å². The predicted octanol–water partition coefficient (Wildman–Crippen LogP) is 4.15. The zero-order valence-corrected chi connectivity index (χ0v) is 18.6. The lowest BCUT2D eigenvalue weighted by atomic mass is 9.92. The second-order valence-electron chi connectivity index (χ2n) is 8.76. The molecule has 0 radical (unpaired) electrons. The molecule has 0 aliphatic carbocycles. The highest BCUT2D eigenvalue weighted by Gasteiger charge is 2.40. The van der Waals surface area contributed by atoms with Gasteiger partial charge in [0.2, 0.25) is 5.95 Å². The molecule has 4 rings (SSSR count). The first-order chi connectivity index (χ1) is 15.2. The number of β-amino-alcohol motifs (C(OH)–C–C–N with tert-alkyl or cyclic N) is 1. The lowest BCUT2D eigenvalue weighted by Gasteiger charge is -2.45.